The maximum atomic E-state index is 13.4. The van der Waals surface area contributed by atoms with Crippen molar-refractivity contribution >= 4 is 38.3 Å². The van der Waals surface area contributed by atoms with Crippen LogP contribution in [0.1, 0.15) is 21.5 Å². The van der Waals surface area contributed by atoms with E-state index in [4.69, 9.17) is 9.47 Å². The molecule has 0 heterocycles. The van der Waals surface area contributed by atoms with Crippen LogP contribution in [0.25, 0.3) is 0 Å². The average molecular weight is 433 g/mol. The predicted octanol–water partition coefficient (Wildman–Crippen LogP) is 5.61. The quantitative estimate of drug-likeness (QED) is 0.254. The molecule has 0 aliphatic heterocycles. The molecule has 0 spiro atoms. The van der Waals surface area contributed by atoms with E-state index in [-0.39, 0.29) is 33.0 Å². The summed E-state index contributed by atoms with van der Waals surface area (Å²) < 4.78 is 11.9. The van der Waals surface area contributed by atoms with Gasteiger partial charge in [0.05, 0.1) is 0 Å². The molecule has 1 atom stereocenters. The fourth-order valence-electron chi connectivity index (χ4n) is 3.26. The van der Waals surface area contributed by atoms with Gasteiger partial charge in [-0.1, -0.05) is 84.9 Å². The zero-order valence-electron chi connectivity index (χ0n) is 18.0. The summed E-state index contributed by atoms with van der Waals surface area (Å²) in [6.07, 6.45) is 0. The van der Waals surface area contributed by atoms with E-state index in [0.29, 0.717) is 18.8 Å². The average Bonchev–Trinajstić information content (AvgIpc) is 2.83. The fourth-order valence-corrected chi connectivity index (χ4v) is 4.32. The van der Waals surface area contributed by atoms with Gasteiger partial charge in [0.25, 0.3) is 0 Å². The van der Waals surface area contributed by atoms with Crippen molar-refractivity contribution in [1.82, 2.24) is 0 Å². The molecule has 0 fully saturated rings. The summed E-state index contributed by atoms with van der Waals surface area (Å²) in [7, 11) is 0.0404. The van der Waals surface area contributed by atoms with Gasteiger partial charge in [0.2, 0.25) is 0 Å². The monoisotopic (exact) mass is 433 g/mol. The van der Waals surface area contributed by atoms with Crippen molar-refractivity contribution in [3.05, 3.63) is 126 Å². The van der Waals surface area contributed by atoms with Gasteiger partial charge in [0.1, 0.15) is 24.7 Å². The minimum atomic E-state index is 0. The Morgan fingerprint density at radius 1 is 0.594 bits per heavy atom. The van der Waals surface area contributed by atoms with Crippen molar-refractivity contribution < 1.29 is 14.3 Å². The molecule has 0 aliphatic rings. The Morgan fingerprint density at radius 3 is 1.50 bits per heavy atom. The number of carbonyl (C=O) groups is 1. The van der Waals surface area contributed by atoms with Crippen LogP contribution in [0.4, 0.5) is 0 Å². The van der Waals surface area contributed by atoms with Crippen LogP contribution < -0.4 is 14.8 Å². The molecule has 0 N–H and O–H groups in total. The largest absolute Gasteiger partial charge is 0.489 e. The second-order valence-electron chi connectivity index (χ2n) is 6.97. The molecule has 0 saturated heterocycles. The first-order chi connectivity index (χ1) is 15.3. The first kappa shape index (κ1) is 23.8. The van der Waals surface area contributed by atoms with Crippen LogP contribution in [0.5, 0.6) is 11.5 Å². The minimum Gasteiger partial charge on any atom is -0.489 e. The van der Waals surface area contributed by atoms with Gasteiger partial charge in [-0.3, -0.25) is 4.79 Å². The Labute approximate surface area is 202 Å². The van der Waals surface area contributed by atoms with Crippen molar-refractivity contribution in [1.29, 1.82) is 0 Å². The third kappa shape index (κ3) is 6.59. The van der Waals surface area contributed by atoms with Crippen molar-refractivity contribution in [2.24, 2.45) is 0 Å². The van der Waals surface area contributed by atoms with Crippen LogP contribution in [0.3, 0.4) is 0 Å². The third-order valence-corrected chi connectivity index (χ3v) is 5.87. The molecule has 32 heavy (non-hydrogen) atoms. The smallest absolute Gasteiger partial charge is 0.186 e. The Morgan fingerprint density at radius 2 is 1.03 bits per heavy atom. The summed E-state index contributed by atoms with van der Waals surface area (Å²) in [5, 5.41) is 1.02. The van der Waals surface area contributed by atoms with Crippen LogP contribution in [0.2, 0.25) is 0 Å². The third-order valence-electron chi connectivity index (χ3n) is 4.77. The fraction of sp³-hybridized carbons (Fsp3) is 0.0741. The molecule has 5 heteroatoms. The maximum Gasteiger partial charge on any atom is 0.186 e. The summed E-state index contributed by atoms with van der Waals surface area (Å²) in [5.74, 6) is 1.55. The van der Waals surface area contributed by atoms with Crippen LogP contribution >= 0.6 is 8.58 Å². The standard InChI is InChI=1S/C27H23O3P.Li/c28-27(31-25-17-8-3-9-18-25)26-21(19-29-23-13-4-1-5-14-23)11-10-12-22(26)20-30-24-15-6-2-7-16-24;/h1-18,31H,19-20H2;. The molecule has 1 radical (unpaired) electrons. The van der Waals surface area contributed by atoms with Gasteiger partial charge in [-0.25, -0.2) is 0 Å². The number of ether oxygens (including phenoxy) is 2. The molecule has 0 aliphatic carbocycles. The number of carbonyl (C=O) groups excluding carboxylic acids is 1. The normalized spacial score (nSPS) is 10.5. The first-order valence-corrected chi connectivity index (χ1v) is 11.1. The Bertz CT molecular complexity index is 1060. The minimum absolute atomic E-state index is 0. The number of hydrogen-bond donors (Lipinski definition) is 0. The van der Waals surface area contributed by atoms with Crippen LogP contribution in [-0.4, -0.2) is 24.4 Å². The Hall–Kier alpha value is -2.82. The van der Waals surface area contributed by atoms with Crippen LogP contribution in [0.15, 0.2) is 109 Å². The maximum absolute atomic E-state index is 13.4. The van der Waals surface area contributed by atoms with E-state index >= 15 is 0 Å². The van der Waals surface area contributed by atoms with Crippen molar-refractivity contribution in [2.75, 3.05) is 0 Å². The van der Waals surface area contributed by atoms with E-state index in [9.17, 15) is 4.79 Å². The van der Waals surface area contributed by atoms with Gasteiger partial charge in [0.15, 0.2) is 5.52 Å². The summed E-state index contributed by atoms with van der Waals surface area (Å²) >= 11 is 0. The van der Waals surface area contributed by atoms with Crippen LogP contribution in [0, 0.1) is 0 Å². The van der Waals surface area contributed by atoms with Crippen LogP contribution in [-0.2, 0) is 13.2 Å². The van der Waals surface area contributed by atoms with Gasteiger partial charge in [-0.15, -0.1) is 0 Å². The molecule has 0 saturated carbocycles. The van der Waals surface area contributed by atoms with E-state index in [2.05, 4.69) is 0 Å². The molecular formula is C27H23LiO3P. The summed E-state index contributed by atoms with van der Waals surface area (Å²) in [6.45, 7) is 0.646. The van der Waals surface area contributed by atoms with E-state index in [0.717, 1.165) is 27.9 Å². The summed E-state index contributed by atoms with van der Waals surface area (Å²) in [5.41, 5.74) is 2.51. The zero-order valence-corrected chi connectivity index (χ0v) is 19.0. The number of rotatable bonds is 9. The molecule has 0 bridgehead atoms. The van der Waals surface area contributed by atoms with Gasteiger partial charge in [-0.2, -0.15) is 0 Å². The molecule has 4 rings (SSSR count). The van der Waals surface area contributed by atoms with Crippen molar-refractivity contribution in [2.45, 2.75) is 13.2 Å². The number of hydrogen-bond acceptors (Lipinski definition) is 3. The van der Waals surface area contributed by atoms with E-state index in [1.165, 1.54) is 0 Å². The second kappa shape index (κ2) is 12.3. The van der Waals surface area contributed by atoms with Gasteiger partial charge >= 0.3 is 0 Å². The van der Waals surface area contributed by atoms with Gasteiger partial charge in [-0.05, 0) is 38.2 Å². The molecule has 4 aromatic rings. The Kier molecular flexibility index (Phi) is 9.14. The van der Waals surface area contributed by atoms with Gasteiger partial charge < -0.3 is 9.47 Å². The van der Waals surface area contributed by atoms with Gasteiger partial charge in [0, 0.05) is 35.6 Å². The number of benzene rings is 4. The SMILES string of the molecule is O=C(Pc1ccccc1)c1c(COc2ccccc2)cccc1COc1ccccc1.[Li]. The van der Waals surface area contributed by atoms with E-state index in [1.807, 2.05) is 109 Å². The summed E-state index contributed by atoms with van der Waals surface area (Å²) in [6, 6.07) is 35.0. The molecule has 0 aromatic heterocycles. The molecular weight excluding hydrogens is 410 g/mol. The predicted molar refractivity (Wildman–Crippen MR) is 132 cm³/mol. The van der Waals surface area contributed by atoms with Crippen molar-refractivity contribution in [3.8, 4) is 11.5 Å². The topological polar surface area (TPSA) is 35.5 Å². The number of para-hydroxylation sites is 2. The van der Waals surface area contributed by atoms with Crippen molar-refractivity contribution in [3.63, 3.8) is 0 Å². The zero-order chi connectivity index (χ0) is 21.3. The Balaban J connectivity index is 0.00000289. The molecule has 0 amide bonds. The van der Waals surface area contributed by atoms with E-state index < -0.39 is 0 Å². The first-order valence-electron chi connectivity index (χ1n) is 10.1. The van der Waals surface area contributed by atoms with E-state index in [1.54, 1.807) is 0 Å². The molecule has 155 valence electrons. The second-order valence-corrected chi connectivity index (χ2v) is 8.26. The molecule has 1 unspecified atom stereocenters. The molecule has 4 aromatic carbocycles. The summed E-state index contributed by atoms with van der Waals surface area (Å²) in [4.78, 5) is 13.4. The molecule has 3 nitrogen and oxygen atoms in total.